The number of allylic oxidation sites excluding steroid dienone is 1. The van der Waals surface area contributed by atoms with Gasteiger partial charge in [0.2, 0.25) is 0 Å². The minimum absolute atomic E-state index is 0.125. The van der Waals surface area contributed by atoms with Crippen molar-refractivity contribution in [1.29, 1.82) is 0 Å². The standard InChI is InChI=1S/C12H20F3NO2/c1-5-9(12(13,14)15)6-11(2,3)18-10(8-17)7-16-4/h6-7,16-17H,5,8H2,1-4H3/b9-6+,10-7-. The van der Waals surface area contributed by atoms with E-state index in [1.54, 1.807) is 7.05 Å². The molecule has 0 saturated carbocycles. The van der Waals surface area contributed by atoms with Crippen molar-refractivity contribution in [2.45, 2.75) is 39.0 Å². The van der Waals surface area contributed by atoms with Gasteiger partial charge in [-0.25, -0.2) is 0 Å². The lowest BCUT2D eigenvalue weighted by molar-refractivity contribution is -0.0955. The summed E-state index contributed by atoms with van der Waals surface area (Å²) >= 11 is 0. The maximum Gasteiger partial charge on any atom is 0.412 e. The minimum Gasteiger partial charge on any atom is -0.484 e. The van der Waals surface area contributed by atoms with E-state index in [0.29, 0.717) is 0 Å². The molecule has 0 amide bonds. The molecule has 0 rings (SSSR count). The van der Waals surface area contributed by atoms with Gasteiger partial charge in [0.15, 0.2) is 0 Å². The molecule has 0 bridgehead atoms. The van der Waals surface area contributed by atoms with Crippen LogP contribution in [0, 0.1) is 0 Å². The van der Waals surface area contributed by atoms with Gasteiger partial charge in [0, 0.05) is 18.8 Å². The van der Waals surface area contributed by atoms with Gasteiger partial charge >= 0.3 is 6.18 Å². The molecule has 18 heavy (non-hydrogen) atoms. The van der Waals surface area contributed by atoms with Crippen LogP contribution in [-0.2, 0) is 4.74 Å². The second-order valence-electron chi connectivity index (χ2n) is 4.28. The van der Waals surface area contributed by atoms with Gasteiger partial charge in [0.1, 0.15) is 18.0 Å². The number of aliphatic hydroxyl groups is 1. The molecule has 106 valence electrons. The normalized spacial score (nSPS) is 14.7. The van der Waals surface area contributed by atoms with Crippen LogP contribution in [0.25, 0.3) is 0 Å². The van der Waals surface area contributed by atoms with E-state index in [-0.39, 0.29) is 18.8 Å². The van der Waals surface area contributed by atoms with Crippen LogP contribution in [0.3, 0.4) is 0 Å². The summed E-state index contributed by atoms with van der Waals surface area (Å²) in [4.78, 5) is 0. The third-order valence-corrected chi connectivity index (χ3v) is 2.12. The molecule has 0 aliphatic rings. The van der Waals surface area contributed by atoms with Crippen molar-refractivity contribution in [3.63, 3.8) is 0 Å². The van der Waals surface area contributed by atoms with Gasteiger partial charge in [-0.2, -0.15) is 13.2 Å². The highest BCUT2D eigenvalue weighted by molar-refractivity contribution is 5.15. The van der Waals surface area contributed by atoms with Crippen LogP contribution in [0.15, 0.2) is 23.6 Å². The lowest BCUT2D eigenvalue weighted by Gasteiger charge is -2.26. The lowest BCUT2D eigenvalue weighted by Crippen LogP contribution is -2.26. The number of rotatable bonds is 6. The van der Waals surface area contributed by atoms with Gasteiger partial charge in [-0.3, -0.25) is 0 Å². The van der Waals surface area contributed by atoms with Gasteiger partial charge in [-0.05, 0) is 26.3 Å². The fraction of sp³-hybridized carbons (Fsp3) is 0.667. The third-order valence-electron chi connectivity index (χ3n) is 2.12. The summed E-state index contributed by atoms with van der Waals surface area (Å²) in [6.07, 6.45) is -2.05. The molecule has 0 aromatic carbocycles. The average Bonchev–Trinajstić information content (AvgIpc) is 2.23. The summed E-state index contributed by atoms with van der Waals surface area (Å²) < 4.78 is 43.2. The number of hydrogen-bond donors (Lipinski definition) is 2. The van der Waals surface area contributed by atoms with Crippen LogP contribution < -0.4 is 5.32 Å². The summed E-state index contributed by atoms with van der Waals surface area (Å²) in [7, 11) is 1.61. The van der Waals surface area contributed by atoms with Crippen molar-refractivity contribution < 1.29 is 23.0 Å². The SMILES string of the molecule is CC/C(=C\C(C)(C)O/C(=C\NC)CO)C(F)(F)F. The van der Waals surface area contributed by atoms with Crippen molar-refractivity contribution in [2.24, 2.45) is 0 Å². The highest BCUT2D eigenvalue weighted by Crippen LogP contribution is 2.31. The van der Waals surface area contributed by atoms with E-state index < -0.39 is 17.4 Å². The van der Waals surface area contributed by atoms with E-state index in [2.05, 4.69) is 5.32 Å². The number of aliphatic hydroxyl groups excluding tert-OH is 1. The Labute approximate surface area is 105 Å². The zero-order valence-corrected chi connectivity index (χ0v) is 11.1. The average molecular weight is 267 g/mol. The molecule has 0 unspecified atom stereocenters. The minimum atomic E-state index is -4.36. The molecule has 2 N–H and O–H groups in total. The van der Waals surface area contributed by atoms with Gasteiger partial charge in [-0.1, -0.05) is 6.92 Å². The van der Waals surface area contributed by atoms with E-state index in [1.165, 1.54) is 27.0 Å². The first-order valence-electron chi connectivity index (χ1n) is 5.61. The van der Waals surface area contributed by atoms with E-state index in [0.717, 1.165) is 6.08 Å². The van der Waals surface area contributed by atoms with Crippen LogP contribution in [0.1, 0.15) is 27.2 Å². The van der Waals surface area contributed by atoms with Crippen LogP contribution in [0.5, 0.6) is 0 Å². The highest BCUT2D eigenvalue weighted by Gasteiger charge is 2.34. The predicted molar refractivity (Wildman–Crippen MR) is 63.8 cm³/mol. The van der Waals surface area contributed by atoms with E-state index >= 15 is 0 Å². The molecule has 3 nitrogen and oxygen atoms in total. The van der Waals surface area contributed by atoms with E-state index in [4.69, 9.17) is 9.84 Å². The molecule has 0 aromatic rings. The van der Waals surface area contributed by atoms with Crippen molar-refractivity contribution in [3.8, 4) is 0 Å². The summed E-state index contributed by atoms with van der Waals surface area (Å²) in [6.45, 7) is 4.07. The van der Waals surface area contributed by atoms with Gasteiger partial charge in [0.25, 0.3) is 0 Å². The largest absolute Gasteiger partial charge is 0.484 e. The monoisotopic (exact) mass is 267 g/mol. The fourth-order valence-corrected chi connectivity index (χ4v) is 1.44. The Hall–Kier alpha value is -1.17. The number of hydrogen-bond acceptors (Lipinski definition) is 3. The molecule has 0 fully saturated rings. The molecular weight excluding hydrogens is 247 g/mol. The quantitative estimate of drug-likeness (QED) is 0.574. The van der Waals surface area contributed by atoms with Crippen LogP contribution in [0.4, 0.5) is 13.2 Å². The summed E-state index contributed by atoms with van der Waals surface area (Å²) in [5, 5.41) is 11.6. The lowest BCUT2D eigenvalue weighted by atomic mass is 10.0. The Morgan fingerprint density at radius 3 is 2.22 bits per heavy atom. The molecule has 0 atom stereocenters. The number of nitrogens with one attached hydrogen (secondary N) is 1. The maximum absolute atomic E-state index is 12.6. The van der Waals surface area contributed by atoms with Gasteiger partial charge < -0.3 is 15.2 Å². The zero-order chi connectivity index (χ0) is 14.4. The molecule has 6 heteroatoms. The fourth-order valence-electron chi connectivity index (χ4n) is 1.44. The Morgan fingerprint density at radius 1 is 1.33 bits per heavy atom. The van der Waals surface area contributed by atoms with Crippen molar-refractivity contribution in [2.75, 3.05) is 13.7 Å². The number of ether oxygens (including phenoxy) is 1. The molecular formula is C12H20F3NO2. The maximum atomic E-state index is 12.6. The molecule has 0 aliphatic heterocycles. The Kier molecular flexibility index (Phi) is 6.25. The van der Waals surface area contributed by atoms with Crippen LogP contribution >= 0.6 is 0 Å². The van der Waals surface area contributed by atoms with Crippen molar-refractivity contribution >= 4 is 0 Å². The molecule has 0 radical (unpaired) electrons. The van der Waals surface area contributed by atoms with Gasteiger partial charge in [0.05, 0.1) is 0 Å². The van der Waals surface area contributed by atoms with Crippen molar-refractivity contribution in [3.05, 3.63) is 23.6 Å². The van der Waals surface area contributed by atoms with Crippen molar-refractivity contribution in [1.82, 2.24) is 5.32 Å². The Balaban J connectivity index is 5.03. The summed E-state index contributed by atoms with van der Waals surface area (Å²) in [5.74, 6) is 0.177. The summed E-state index contributed by atoms with van der Waals surface area (Å²) in [6, 6.07) is 0. The first kappa shape index (κ1) is 16.8. The second-order valence-corrected chi connectivity index (χ2v) is 4.28. The van der Waals surface area contributed by atoms with E-state index in [9.17, 15) is 13.2 Å². The highest BCUT2D eigenvalue weighted by atomic mass is 19.4. The number of halogens is 3. The Bertz CT molecular complexity index is 320. The Morgan fingerprint density at radius 2 is 1.89 bits per heavy atom. The third kappa shape index (κ3) is 5.95. The first-order chi connectivity index (χ1) is 8.16. The predicted octanol–water partition coefficient (Wildman–Crippen LogP) is 2.73. The molecule has 0 aromatic heterocycles. The molecule has 0 heterocycles. The summed E-state index contributed by atoms with van der Waals surface area (Å²) in [5.41, 5.74) is -1.79. The second kappa shape index (κ2) is 6.68. The molecule has 0 saturated heterocycles. The van der Waals surface area contributed by atoms with Crippen LogP contribution in [-0.4, -0.2) is 30.5 Å². The topological polar surface area (TPSA) is 41.5 Å². The molecule has 0 aliphatic carbocycles. The zero-order valence-electron chi connectivity index (χ0n) is 11.1. The smallest absolute Gasteiger partial charge is 0.412 e. The van der Waals surface area contributed by atoms with Gasteiger partial charge in [-0.15, -0.1) is 0 Å². The molecule has 0 spiro atoms. The first-order valence-corrected chi connectivity index (χ1v) is 5.61. The number of alkyl halides is 3. The van der Waals surface area contributed by atoms with E-state index in [1.807, 2.05) is 0 Å². The van der Waals surface area contributed by atoms with Crippen LogP contribution in [0.2, 0.25) is 0 Å².